The Morgan fingerprint density at radius 2 is 1.92 bits per heavy atom. The zero-order valence-corrected chi connectivity index (χ0v) is 15.1. The van der Waals surface area contributed by atoms with Crippen molar-refractivity contribution < 1.29 is 9.53 Å². The molecule has 0 fully saturated rings. The minimum absolute atomic E-state index is 0.226. The van der Waals surface area contributed by atoms with Crippen molar-refractivity contribution in [3.8, 4) is 5.75 Å². The highest BCUT2D eigenvalue weighted by Gasteiger charge is 2.14. The van der Waals surface area contributed by atoms with Crippen LogP contribution in [0, 0.1) is 13.8 Å². The quantitative estimate of drug-likeness (QED) is 0.832. The number of rotatable bonds is 5. The zero-order chi connectivity index (χ0) is 17.7. The summed E-state index contributed by atoms with van der Waals surface area (Å²) in [6.45, 7) is 8.73. The lowest BCUT2D eigenvalue weighted by Gasteiger charge is -2.19. The number of urea groups is 1. The van der Waals surface area contributed by atoms with Crippen molar-refractivity contribution in [2.75, 3.05) is 12.4 Å². The highest BCUT2D eigenvalue weighted by Crippen LogP contribution is 2.29. The standard InChI is InChI=1S/C20H26N2O2/c1-13(2)17-8-6-7-16(19(17)22-20(23)21-5)12-24-18-10-9-14(3)11-15(18)4/h6-11,13H,12H2,1-5H3,(H2,21,22,23). The SMILES string of the molecule is CNC(=O)Nc1c(COc2ccc(C)cc2C)cccc1C(C)C. The van der Waals surface area contributed by atoms with Crippen LogP contribution in [0.1, 0.15) is 42.0 Å². The van der Waals surface area contributed by atoms with E-state index in [0.717, 1.165) is 28.1 Å². The van der Waals surface area contributed by atoms with E-state index in [2.05, 4.69) is 37.5 Å². The summed E-state index contributed by atoms with van der Waals surface area (Å²) in [4.78, 5) is 11.8. The number of carbonyl (C=O) groups excluding carboxylic acids is 1. The van der Waals surface area contributed by atoms with Crippen molar-refractivity contribution in [2.24, 2.45) is 0 Å². The monoisotopic (exact) mass is 326 g/mol. The van der Waals surface area contributed by atoms with Crippen LogP contribution in [0.4, 0.5) is 10.5 Å². The lowest BCUT2D eigenvalue weighted by molar-refractivity contribution is 0.254. The second-order valence-corrected chi connectivity index (χ2v) is 6.30. The third-order valence-corrected chi connectivity index (χ3v) is 3.98. The Hall–Kier alpha value is -2.49. The first kappa shape index (κ1) is 17.9. The van der Waals surface area contributed by atoms with E-state index < -0.39 is 0 Å². The molecule has 0 aliphatic rings. The number of carbonyl (C=O) groups is 1. The molecule has 24 heavy (non-hydrogen) atoms. The molecule has 0 aromatic heterocycles. The maximum Gasteiger partial charge on any atom is 0.318 e. The molecule has 4 heteroatoms. The van der Waals surface area contributed by atoms with Gasteiger partial charge in [-0.1, -0.05) is 49.7 Å². The molecule has 2 rings (SSSR count). The normalized spacial score (nSPS) is 10.6. The van der Waals surface area contributed by atoms with Crippen LogP contribution >= 0.6 is 0 Å². The first-order valence-electron chi connectivity index (χ1n) is 8.23. The summed E-state index contributed by atoms with van der Waals surface area (Å²) in [5.74, 6) is 1.17. The molecular formula is C20H26N2O2. The summed E-state index contributed by atoms with van der Waals surface area (Å²) in [6.07, 6.45) is 0. The fourth-order valence-electron chi connectivity index (χ4n) is 2.67. The van der Waals surface area contributed by atoms with E-state index in [0.29, 0.717) is 12.5 Å². The van der Waals surface area contributed by atoms with Crippen molar-refractivity contribution >= 4 is 11.7 Å². The van der Waals surface area contributed by atoms with Crippen LogP contribution in [0.2, 0.25) is 0 Å². The fraction of sp³-hybridized carbons (Fsp3) is 0.350. The topological polar surface area (TPSA) is 50.4 Å². The number of hydrogen-bond donors (Lipinski definition) is 2. The largest absolute Gasteiger partial charge is 0.489 e. The molecule has 0 saturated carbocycles. The van der Waals surface area contributed by atoms with E-state index in [-0.39, 0.29) is 6.03 Å². The molecule has 0 spiro atoms. The molecule has 0 aliphatic carbocycles. The number of nitrogens with one attached hydrogen (secondary N) is 2. The summed E-state index contributed by atoms with van der Waals surface area (Å²) >= 11 is 0. The van der Waals surface area contributed by atoms with Gasteiger partial charge in [0.2, 0.25) is 0 Å². The van der Waals surface area contributed by atoms with Crippen LogP contribution in [-0.2, 0) is 6.61 Å². The minimum Gasteiger partial charge on any atom is -0.489 e. The van der Waals surface area contributed by atoms with E-state index in [1.807, 2.05) is 37.3 Å². The van der Waals surface area contributed by atoms with E-state index in [4.69, 9.17) is 4.74 Å². The molecule has 0 heterocycles. The van der Waals surface area contributed by atoms with Gasteiger partial charge < -0.3 is 15.4 Å². The van der Waals surface area contributed by atoms with Crippen LogP contribution in [0.5, 0.6) is 5.75 Å². The highest BCUT2D eigenvalue weighted by molar-refractivity contribution is 5.91. The lowest BCUT2D eigenvalue weighted by Crippen LogP contribution is -2.26. The summed E-state index contributed by atoms with van der Waals surface area (Å²) in [5, 5.41) is 5.55. The van der Waals surface area contributed by atoms with Crippen LogP contribution < -0.4 is 15.4 Å². The number of para-hydroxylation sites is 1. The number of hydrogen-bond acceptors (Lipinski definition) is 2. The summed E-state index contributed by atoms with van der Waals surface area (Å²) in [7, 11) is 1.61. The van der Waals surface area contributed by atoms with Gasteiger partial charge in [0.15, 0.2) is 0 Å². The first-order valence-corrected chi connectivity index (χ1v) is 8.23. The van der Waals surface area contributed by atoms with Crippen molar-refractivity contribution in [1.82, 2.24) is 5.32 Å². The number of anilines is 1. The predicted molar refractivity (Wildman–Crippen MR) is 98.9 cm³/mol. The zero-order valence-electron chi connectivity index (χ0n) is 15.1. The molecule has 2 aromatic rings. The van der Waals surface area contributed by atoms with E-state index in [9.17, 15) is 4.79 Å². The average Bonchev–Trinajstić information content (AvgIpc) is 2.54. The van der Waals surface area contributed by atoms with Crippen LogP contribution in [0.3, 0.4) is 0 Å². The first-order chi connectivity index (χ1) is 11.4. The van der Waals surface area contributed by atoms with Crippen LogP contribution in [0.25, 0.3) is 0 Å². The molecule has 0 atom stereocenters. The van der Waals surface area contributed by atoms with Gasteiger partial charge in [0.05, 0.1) is 5.69 Å². The van der Waals surface area contributed by atoms with Gasteiger partial charge in [-0.25, -0.2) is 4.79 Å². The van der Waals surface area contributed by atoms with Crippen molar-refractivity contribution in [1.29, 1.82) is 0 Å². The lowest BCUT2D eigenvalue weighted by atomic mass is 9.98. The van der Waals surface area contributed by atoms with Gasteiger partial charge in [-0.3, -0.25) is 0 Å². The molecule has 2 aromatic carbocycles. The molecule has 128 valence electrons. The Balaban J connectivity index is 2.28. The molecule has 0 unspecified atom stereocenters. The van der Waals surface area contributed by atoms with Crippen molar-refractivity contribution in [3.05, 3.63) is 58.7 Å². The molecule has 2 N–H and O–H groups in total. The van der Waals surface area contributed by atoms with E-state index >= 15 is 0 Å². The molecule has 0 aliphatic heterocycles. The minimum atomic E-state index is -0.226. The molecule has 0 radical (unpaired) electrons. The average molecular weight is 326 g/mol. The smallest absolute Gasteiger partial charge is 0.318 e. The summed E-state index contributed by atoms with van der Waals surface area (Å²) < 4.78 is 6.00. The van der Waals surface area contributed by atoms with Gasteiger partial charge in [0.1, 0.15) is 12.4 Å². The second kappa shape index (κ2) is 7.86. The maximum atomic E-state index is 11.8. The third-order valence-electron chi connectivity index (χ3n) is 3.98. The van der Waals surface area contributed by atoms with Gasteiger partial charge in [-0.05, 0) is 37.0 Å². The Bertz CT molecular complexity index is 724. The fourth-order valence-corrected chi connectivity index (χ4v) is 2.67. The highest BCUT2D eigenvalue weighted by atomic mass is 16.5. The Labute approximate surface area is 144 Å². The second-order valence-electron chi connectivity index (χ2n) is 6.30. The number of benzene rings is 2. The van der Waals surface area contributed by atoms with E-state index in [1.54, 1.807) is 7.05 Å². The third kappa shape index (κ3) is 4.28. The van der Waals surface area contributed by atoms with Gasteiger partial charge >= 0.3 is 6.03 Å². The number of amides is 2. The van der Waals surface area contributed by atoms with Gasteiger partial charge in [0.25, 0.3) is 0 Å². The van der Waals surface area contributed by atoms with Crippen molar-refractivity contribution in [3.63, 3.8) is 0 Å². The van der Waals surface area contributed by atoms with Gasteiger partial charge in [0, 0.05) is 12.6 Å². The molecule has 4 nitrogen and oxygen atoms in total. The van der Waals surface area contributed by atoms with Crippen LogP contribution in [-0.4, -0.2) is 13.1 Å². The maximum absolute atomic E-state index is 11.8. The summed E-state index contributed by atoms with van der Waals surface area (Å²) in [6, 6.07) is 11.9. The Morgan fingerprint density at radius 3 is 2.54 bits per heavy atom. The molecular weight excluding hydrogens is 300 g/mol. The van der Waals surface area contributed by atoms with Gasteiger partial charge in [-0.2, -0.15) is 0 Å². The Morgan fingerprint density at radius 1 is 1.17 bits per heavy atom. The Kier molecular flexibility index (Phi) is 5.85. The summed E-state index contributed by atoms with van der Waals surface area (Å²) in [5.41, 5.74) is 5.21. The van der Waals surface area contributed by atoms with Crippen molar-refractivity contribution in [2.45, 2.75) is 40.2 Å². The predicted octanol–water partition coefficient (Wildman–Crippen LogP) is 4.76. The van der Waals surface area contributed by atoms with E-state index in [1.165, 1.54) is 5.56 Å². The number of aryl methyl sites for hydroxylation is 2. The van der Waals surface area contributed by atoms with Crippen LogP contribution in [0.15, 0.2) is 36.4 Å². The molecule has 0 saturated heterocycles. The molecule has 2 amide bonds. The molecule has 0 bridgehead atoms. The number of ether oxygens (including phenoxy) is 1. The van der Waals surface area contributed by atoms with Gasteiger partial charge in [-0.15, -0.1) is 0 Å².